The maximum Gasteiger partial charge on any atom is 0.135 e. The van der Waals surface area contributed by atoms with Crippen molar-refractivity contribution in [3.8, 4) is 27.9 Å². The van der Waals surface area contributed by atoms with Crippen LogP contribution in [0.15, 0.2) is 132 Å². The van der Waals surface area contributed by atoms with Crippen molar-refractivity contribution in [2.24, 2.45) is 0 Å². The molecule has 184 valence electrons. The molecule has 0 fully saturated rings. The predicted octanol–water partition coefficient (Wildman–Crippen LogP) is 10.6. The number of furan rings is 1. The van der Waals surface area contributed by atoms with Crippen LogP contribution in [0.3, 0.4) is 0 Å². The molecule has 1 aliphatic rings. The van der Waals surface area contributed by atoms with Gasteiger partial charge in [-0.15, -0.1) is 0 Å². The Kier molecular flexibility index (Phi) is 3.70. The van der Waals surface area contributed by atoms with E-state index in [1.165, 1.54) is 65.6 Å². The minimum Gasteiger partial charge on any atom is -0.456 e. The summed E-state index contributed by atoms with van der Waals surface area (Å²) in [7, 11) is 0. The van der Waals surface area contributed by atoms with Crippen molar-refractivity contribution in [2.45, 2.75) is 0 Å². The van der Waals surface area contributed by atoms with Gasteiger partial charge in [0.1, 0.15) is 11.2 Å². The fourth-order valence-electron chi connectivity index (χ4n) is 7.27. The summed E-state index contributed by atoms with van der Waals surface area (Å²) in [5.41, 5.74) is 10.7. The standard InChI is InChI=1S/C38H21NO/c1-2-9-24-22(8-1)16-18-32-37(24)38-29-14-7-13-28-25-10-3-4-11-26(25)31(36(28)29)21-33(38)39(32)23-17-19-35-30(20-23)27-12-5-6-15-34(27)40-35/h1-21H. The average Bonchev–Trinajstić information content (AvgIpc) is 3.66. The first-order valence-electron chi connectivity index (χ1n) is 13.8. The van der Waals surface area contributed by atoms with E-state index in [1.54, 1.807) is 0 Å². The van der Waals surface area contributed by atoms with Crippen LogP contribution < -0.4 is 0 Å². The van der Waals surface area contributed by atoms with E-state index in [9.17, 15) is 0 Å². The zero-order valence-corrected chi connectivity index (χ0v) is 21.5. The second-order valence-corrected chi connectivity index (χ2v) is 10.9. The van der Waals surface area contributed by atoms with Crippen LogP contribution in [0.2, 0.25) is 0 Å². The van der Waals surface area contributed by atoms with Gasteiger partial charge in [0.2, 0.25) is 0 Å². The van der Waals surface area contributed by atoms with E-state index in [-0.39, 0.29) is 0 Å². The molecule has 2 heteroatoms. The lowest BCUT2D eigenvalue weighted by atomic mass is 9.96. The van der Waals surface area contributed by atoms with Crippen LogP contribution in [0.5, 0.6) is 0 Å². The Morgan fingerprint density at radius 2 is 1.10 bits per heavy atom. The van der Waals surface area contributed by atoms with Gasteiger partial charge in [0.25, 0.3) is 0 Å². The van der Waals surface area contributed by atoms with E-state index in [4.69, 9.17) is 4.42 Å². The Labute approximate surface area is 229 Å². The molecule has 0 N–H and O–H groups in total. The van der Waals surface area contributed by atoms with E-state index in [0.29, 0.717) is 0 Å². The molecule has 9 aromatic rings. The largest absolute Gasteiger partial charge is 0.456 e. The molecule has 1 aliphatic carbocycles. The first-order valence-corrected chi connectivity index (χ1v) is 13.8. The zero-order chi connectivity index (χ0) is 25.9. The Bertz CT molecular complexity index is 2540. The summed E-state index contributed by atoms with van der Waals surface area (Å²) in [6.45, 7) is 0. The molecule has 7 aromatic carbocycles. The van der Waals surface area contributed by atoms with Gasteiger partial charge in [0.15, 0.2) is 0 Å². The molecule has 10 rings (SSSR count). The van der Waals surface area contributed by atoms with E-state index >= 15 is 0 Å². The van der Waals surface area contributed by atoms with Crippen LogP contribution in [-0.4, -0.2) is 4.57 Å². The highest BCUT2D eigenvalue weighted by Crippen LogP contribution is 2.51. The van der Waals surface area contributed by atoms with Crippen LogP contribution in [0.4, 0.5) is 0 Å². The van der Waals surface area contributed by atoms with Crippen LogP contribution in [-0.2, 0) is 0 Å². The zero-order valence-electron chi connectivity index (χ0n) is 21.5. The molecule has 0 aliphatic heterocycles. The fourth-order valence-corrected chi connectivity index (χ4v) is 7.27. The molecule has 0 radical (unpaired) electrons. The maximum absolute atomic E-state index is 6.19. The SMILES string of the molecule is c1ccc2c(c1)-c1cccc3c1c-2cc1c3c2c3ccccc3ccc2n1-c1ccc2oc3ccccc3c2c1. The molecule has 0 saturated heterocycles. The van der Waals surface area contributed by atoms with Crippen molar-refractivity contribution < 1.29 is 4.42 Å². The molecule has 0 atom stereocenters. The van der Waals surface area contributed by atoms with Gasteiger partial charge in [-0.2, -0.15) is 0 Å². The smallest absolute Gasteiger partial charge is 0.135 e. The molecule has 40 heavy (non-hydrogen) atoms. The highest BCUT2D eigenvalue weighted by atomic mass is 16.3. The Hall–Kier alpha value is -5.34. The lowest BCUT2D eigenvalue weighted by Crippen LogP contribution is -1.94. The fraction of sp³-hybridized carbons (Fsp3) is 0. The molecular formula is C38H21NO. The number of rotatable bonds is 1. The monoisotopic (exact) mass is 507 g/mol. The van der Waals surface area contributed by atoms with Crippen molar-refractivity contribution in [3.05, 3.63) is 127 Å². The van der Waals surface area contributed by atoms with Gasteiger partial charge in [-0.3, -0.25) is 0 Å². The predicted molar refractivity (Wildman–Crippen MR) is 168 cm³/mol. The van der Waals surface area contributed by atoms with Crippen molar-refractivity contribution in [1.82, 2.24) is 4.57 Å². The van der Waals surface area contributed by atoms with E-state index in [2.05, 4.69) is 120 Å². The Morgan fingerprint density at radius 3 is 2.02 bits per heavy atom. The molecule has 0 spiro atoms. The highest BCUT2D eigenvalue weighted by molar-refractivity contribution is 6.33. The lowest BCUT2D eigenvalue weighted by Gasteiger charge is -2.10. The average molecular weight is 508 g/mol. The molecule has 2 aromatic heterocycles. The third kappa shape index (κ3) is 2.45. The first-order chi connectivity index (χ1) is 19.8. The number of benzene rings is 7. The first kappa shape index (κ1) is 20.6. The topological polar surface area (TPSA) is 18.1 Å². The van der Waals surface area contributed by atoms with Gasteiger partial charge in [0.05, 0.1) is 11.0 Å². The molecule has 0 bridgehead atoms. The number of hydrogen-bond donors (Lipinski definition) is 0. The van der Waals surface area contributed by atoms with Crippen molar-refractivity contribution in [3.63, 3.8) is 0 Å². The van der Waals surface area contributed by atoms with Crippen LogP contribution in [0, 0.1) is 0 Å². The summed E-state index contributed by atoms with van der Waals surface area (Å²) < 4.78 is 8.65. The number of hydrogen-bond acceptors (Lipinski definition) is 1. The van der Waals surface area contributed by atoms with Crippen molar-refractivity contribution in [1.29, 1.82) is 0 Å². The van der Waals surface area contributed by atoms with Gasteiger partial charge < -0.3 is 8.98 Å². The van der Waals surface area contributed by atoms with E-state index in [1.807, 2.05) is 12.1 Å². The summed E-state index contributed by atoms with van der Waals surface area (Å²) in [6, 6.07) is 46.3. The van der Waals surface area contributed by atoms with Crippen LogP contribution in [0.1, 0.15) is 0 Å². The molecule has 0 saturated carbocycles. The van der Waals surface area contributed by atoms with Crippen LogP contribution in [0.25, 0.3) is 93.2 Å². The molecule has 2 heterocycles. The third-order valence-corrected chi connectivity index (χ3v) is 8.91. The summed E-state index contributed by atoms with van der Waals surface area (Å²) >= 11 is 0. The number of aromatic nitrogens is 1. The van der Waals surface area contributed by atoms with Crippen molar-refractivity contribution >= 4 is 65.3 Å². The molecule has 2 nitrogen and oxygen atoms in total. The summed E-state index contributed by atoms with van der Waals surface area (Å²) in [5.74, 6) is 0. The number of para-hydroxylation sites is 1. The van der Waals surface area contributed by atoms with Gasteiger partial charge in [-0.05, 0) is 80.2 Å². The minimum absolute atomic E-state index is 0.916. The van der Waals surface area contributed by atoms with E-state index < -0.39 is 0 Å². The lowest BCUT2D eigenvalue weighted by molar-refractivity contribution is 0.669. The molecule has 0 amide bonds. The second kappa shape index (κ2) is 7.19. The highest BCUT2D eigenvalue weighted by Gasteiger charge is 2.26. The van der Waals surface area contributed by atoms with Gasteiger partial charge >= 0.3 is 0 Å². The van der Waals surface area contributed by atoms with Gasteiger partial charge in [-0.25, -0.2) is 0 Å². The summed E-state index contributed by atoms with van der Waals surface area (Å²) in [4.78, 5) is 0. The third-order valence-electron chi connectivity index (χ3n) is 8.91. The number of nitrogens with zero attached hydrogens (tertiary/aromatic N) is 1. The Morgan fingerprint density at radius 1 is 0.400 bits per heavy atom. The summed E-state index contributed by atoms with van der Waals surface area (Å²) in [5, 5.41) is 10.1. The quantitative estimate of drug-likeness (QED) is 0.216. The normalized spacial score (nSPS) is 12.5. The molecular weight excluding hydrogens is 486 g/mol. The van der Waals surface area contributed by atoms with Gasteiger partial charge in [-0.1, -0.05) is 91.0 Å². The van der Waals surface area contributed by atoms with Gasteiger partial charge in [0, 0.05) is 27.2 Å². The minimum atomic E-state index is 0.916. The number of fused-ring (bicyclic) bond motifs is 12. The van der Waals surface area contributed by atoms with E-state index in [0.717, 1.165) is 27.6 Å². The Balaban J connectivity index is 1.44. The van der Waals surface area contributed by atoms with Crippen LogP contribution >= 0.6 is 0 Å². The summed E-state index contributed by atoms with van der Waals surface area (Å²) in [6.07, 6.45) is 0. The second-order valence-electron chi connectivity index (χ2n) is 10.9. The maximum atomic E-state index is 6.19. The molecule has 0 unspecified atom stereocenters. The van der Waals surface area contributed by atoms with Crippen molar-refractivity contribution in [2.75, 3.05) is 0 Å².